The van der Waals surface area contributed by atoms with Gasteiger partial charge in [0.2, 0.25) is 5.91 Å². The van der Waals surface area contributed by atoms with E-state index < -0.39 is 0 Å². The van der Waals surface area contributed by atoms with Gasteiger partial charge in [-0.15, -0.1) is 0 Å². The van der Waals surface area contributed by atoms with Crippen LogP contribution in [0.2, 0.25) is 0 Å². The van der Waals surface area contributed by atoms with Gasteiger partial charge >= 0.3 is 0 Å². The molecular formula is C17H26N2O2. The molecule has 1 aromatic rings. The number of hydrogen-bond donors (Lipinski definition) is 0. The molecule has 1 amide bonds. The van der Waals surface area contributed by atoms with Gasteiger partial charge in [0, 0.05) is 33.1 Å². The van der Waals surface area contributed by atoms with Crippen LogP contribution < -0.4 is 0 Å². The van der Waals surface area contributed by atoms with E-state index in [0.29, 0.717) is 13.0 Å². The summed E-state index contributed by atoms with van der Waals surface area (Å²) in [5.41, 5.74) is 2.47. The Morgan fingerprint density at radius 3 is 2.76 bits per heavy atom. The summed E-state index contributed by atoms with van der Waals surface area (Å²) in [6.07, 6.45) is 1.49. The monoisotopic (exact) mass is 290 g/mol. The molecule has 1 unspecified atom stereocenters. The zero-order chi connectivity index (χ0) is 15.2. The molecule has 0 radical (unpaired) electrons. The van der Waals surface area contributed by atoms with Crippen molar-refractivity contribution in [1.29, 1.82) is 0 Å². The highest BCUT2D eigenvalue weighted by Gasteiger charge is 2.21. The first kappa shape index (κ1) is 16.0. The van der Waals surface area contributed by atoms with Crippen LogP contribution in [-0.4, -0.2) is 62.1 Å². The maximum atomic E-state index is 12.2. The summed E-state index contributed by atoms with van der Waals surface area (Å²) < 4.78 is 5.71. The Balaban J connectivity index is 1.75. The van der Waals surface area contributed by atoms with Crippen LogP contribution in [0.1, 0.15) is 17.5 Å². The van der Waals surface area contributed by atoms with Crippen molar-refractivity contribution in [2.75, 3.05) is 40.3 Å². The van der Waals surface area contributed by atoms with E-state index in [4.69, 9.17) is 4.74 Å². The van der Waals surface area contributed by atoms with E-state index in [-0.39, 0.29) is 12.0 Å². The molecule has 1 aromatic carbocycles. The summed E-state index contributed by atoms with van der Waals surface area (Å²) in [5, 5.41) is 0. The van der Waals surface area contributed by atoms with Crippen molar-refractivity contribution in [2.24, 2.45) is 0 Å². The van der Waals surface area contributed by atoms with Gasteiger partial charge in [0.1, 0.15) is 0 Å². The van der Waals surface area contributed by atoms with Crippen LogP contribution in [0.15, 0.2) is 24.3 Å². The molecule has 0 bridgehead atoms. The first-order valence-corrected chi connectivity index (χ1v) is 7.64. The van der Waals surface area contributed by atoms with Gasteiger partial charge in [0.15, 0.2) is 0 Å². The van der Waals surface area contributed by atoms with Gasteiger partial charge in [0.05, 0.1) is 12.7 Å². The lowest BCUT2D eigenvalue weighted by Gasteiger charge is -2.32. The molecule has 0 aromatic heterocycles. The second-order valence-electron chi connectivity index (χ2n) is 6.01. The van der Waals surface area contributed by atoms with Gasteiger partial charge in [-0.05, 0) is 26.0 Å². The topological polar surface area (TPSA) is 32.8 Å². The third-order valence-electron chi connectivity index (χ3n) is 3.99. The molecule has 1 fully saturated rings. The molecule has 0 N–H and O–H groups in total. The fourth-order valence-corrected chi connectivity index (χ4v) is 2.58. The molecule has 0 aliphatic carbocycles. The molecule has 1 atom stereocenters. The van der Waals surface area contributed by atoms with Crippen LogP contribution in [0.5, 0.6) is 0 Å². The van der Waals surface area contributed by atoms with Crippen LogP contribution >= 0.6 is 0 Å². The van der Waals surface area contributed by atoms with Crippen molar-refractivity contribution >= 4 is 5.91 Å². The van der Waals surface area contributed by atoms with E-state index in [1.807, 2.05) is 7.05 Å². The Hall–Kier alpha value is -1.39. The second kappa shape index (κ2) is 7.57. The van der Waals surface area contributed by atoms with E-state index in [9.17, 15) is 4.79 Å². The van der Waals surface area contributed by atoms with Gasteiger partial charge in [-0.2, -0.15) is 0 Å². The Morgan fingerprint density at radius 2 is 2.10 bits per heavy atom. The number of aryl methyl sites for hydroxylation is 2. The summed E-state index contributed by atoms with van der Waals surface area (Å²) >= 11 is 0. The highest BCUT2D eigenvalue weighted by Crippen LogP contribution is 2.09. The lowest BCUT2D eigenvalue weighted by molar-refractivity contribution is -0.132. The maximum Gasteiger partial charge on any atom is 0.222 e. The Labute approximate surface area is 127 Å². The minimum Gasteiger partial charge on any atom is -0.374 e. The van der Waals surface area contributed by atoms with Crippen molar-refractivity contribution in [3.05, 3.63) is 35.4 Å². The third-order valence-corrected chi connectivity index (χ3v) is 3.99. The number of likely N-dealkylation sites (N-methyl/N-ethyl adjacent to an activating group) is 2. The number of nitrogens with zero attached hydrogens (tertiary/aromatic N) is 2. The maximum absolute atomic E-state index is 12.2. The zero-order valence-electron chi connectivity index (χ0n) is 13.3. The highest BCUT2D eigenvalue weighted by molar-refractivity contribution is 5.76. The van der Waals surface area contributed by atoms with Crippen LogP contribution in [0.3, 0.4) is 0 Å². The molecule has 0 saturated carbocycles. The fraction of sp³-hybridized carbons (Fsp3) is 0.588. The number of ether oxygens (including phenoxy) is 1. The van der Waals surface area contributed by atoms with Crippen molar-refractivity contribution in [3.8, 4) is 0 Å². The number of amides is 1. The summed E-state index contributed by atoms with van der Waals surface area (Å²) in [6, 6.07) is 8.38. The minimum absolute atomic E-state index is 0.136. The zero-order valence-corrected chi connectivity index (χ0v) is 13.3. The normalized spacial score (nSPS) is 19.5. The minimum atomic E-state index is 0.136. The first-order chi connectivity index (χ1) is 10.0. The van der Waals surface area contributed by atoms with Gasteiger partial charge in [-0.1, -0.05) is 29.8 Å². The lowest BCUT2D eigenvalue weighted by atomic mass is 10.1. The molecule has 2 rings (SSSR count). The molecule has 1 aliphatic rings. The van der Waals surface area contributed by atoms with E-state index >= 15 is 0 Å². The molecule has 1 aliphatic heterocycles. The standard InChI is InChI=1S/C17H26N2O2/c1-14-4-6-15(7-5-14)8-9-17(20)19(3)13-16-12-18(2)10-11-21-16/h4-7,16H,8-13H2,1-3H3. The predicted molar refractivity (Wildman–Crippen MR) is 84.4 cm³/mol. The number of carbonyl (C=O) groups excluding carboxylic acids is 1. The van der Waals surface area contributed by atoms with Crippen molar-refractivity contribution < 1.29 is 9.53 Å². The first-order valence-electron chi connectivity index (χ1n) is 7.64. The van der Waals surface area contributed by atoms with Crippen molar-refractivity contribution in [3.63, 3.8) is 0 Å². The van der Waals surface area contributed by atoms with E-state index in [1.165, 1.54) is 11.1 Å². The van der Waals surface area contributed by atoms with Crippen molar-refractivity contribution in [2.45, 2.75) is 25.9 Å². The Kier molecular flexibility index (Phi) is 5.76. The van der Waals surface area contributed by atoms with E-state index in [2.05, 4.69) is 43.1 Å². The number of morpholine rings is 1. The molecule has 1 saturated heterocycles. The molecule has 4 nitrogen and oxygen atoms in total. The van der Waals surface area contributed by atoms with E-state index in [1.54, 1.807) is 4.90 Å². The molecule has 4 heteroatoms. The molecular weight excluding hydrogens is 264 g/mol. The lowest BCUT2D eigenvalue weighted by Crippen LogP contribution is -2.46. The quantitative estimate of drug-likeness (QED) is 0.828. The van der Waals surface area contributed by atoms with Gasteiger partial charge in [-0.25, -0.2) is 0 Å². The van der Waals surface area contributed by atoms with Gasteiger partial charge in [0.25, 0.3) is 0 Å². The Bertz CT molecular complexity index is 458. The average molecular weight is 290 g/mol. The average Bonchev–Trinajstić information content (AvgIpc) is 2.46. The third kappa shape index (κ3) is 5.14. The summed E-state index contributed by atoms with van der Waals surface area (Å²) in [6.45, 7) is 5.38. The van der Waals surface area contributed by atoms with Gasteiger partial charge < -0.3 is 14.5 Å². The fourth-order valence-electron chi connectivity index (χ4n) is 2.58. The summed E-state index contributed by atoms with van der Waals surface area (Å²) in [7, 11) is 3.96. The SMILES string of the molecule is Cc1ccc(CCC(=O)N(C)CC2CN(C)CCO2)cc1. The van der Waals surface area contributed by atoms with Crippen LogP contribution in [0.25, 0.3) is 0 Å². The Morgan fingerprint density at radius 1 is 1.38 bits per heavy atom. The largest absolute Gasteiger partial charge is 0.374 e. The van der Waals surface area contributed by atoms with Crippen LogP contribution in [-0.2, 0) is 16.0 Å². The number of carbonyl (C=O) groups is 1. The summed E-state index contributed by atoms with van der Waals surface area (Å²) in [4.78, 5) is 16.2. The molecule has 21 heavy (non-hydrogen) atoms. The highest BCUT2D eigenvalue weighted by atomic mass is 16.5. The van der Waals surface area contributed by atoms with Crippen LogP contribution in [0, 0.1) is 6.92 Å². The second-order valence-corrected chi connectivity index (χ2v) is 6.01. The molecule has 0 spiro atoms. The number of rotatable bonds is 5. The predicted octanol–water partition coefficient (Wildman–Crippen LogP) is 1.72. The van der Waals surface area contributed by atoms with E-state index in [0.717, 1.165) is 26.1 Å². The molecule has 1 heterocycles. The smallest absolute Gasteiger partial charge is 0.222 e. The van der Waals surface area contributed by atoms with Crippen LogP contribution in [0.4, 0.5) is 0 Å². The number of benzene rings is 1. The molecule has 116 valence electrons. The van der Waals surface area contributed by atoms with Gasteiger partial charge in [-0.3, -0.25) is 4.79 Å². The number of hydrogen-bond acceptors (Lipinski definition) is 3. The van der Waals surface area contributed by atoms with Crippen molar-refractivity contribution in [1.82, 2.24) is 9.80 Å². The summed E-state index contributed by atoms with van der Waals surface area (Å²) in [5.74, 6) is 0.187.